The van der Waals surface area contributed by atoms with E-state index in [2.05, 4.69) is 9.47 Å². The average Bonchev–Trinajstić information content (AvgIpc) is 3.17. The molecule has 0 aliphatic heterocycles. The number of carbonyl (C=O) groups excluding carboxylic acids is 2. The molecule has 0 amide bonds. The Morgan fingerprint density at radius 2 is 0.473 bits per heavy atom. The second-order valence-electron chi connectivity index (χ2n) is 17.7. The maximum absolute atomic E-state index is 13.3. The van der Waals surface area contributed by atoms with Crippen LogP contribution in [-0.4, -0.2) is 129 Å². The number of halogens is 30. The van der Waals surface area contributed by atoms with Gasteiger partial charge in [-0.1, -0.05) is 13.8 Å². The van der Waals surface area contributed by atoms with E-state index in [9.17, 15) is 162 Å². The first-order chi connectivity index (χ1) is 32.0. The monoisotopic (exact) mass is 1170 g/mol. The number of rotatable bonds is 10. The lowest BCUT2D eigenvalue weighted by Crippen LogP contribution is -2.67. The fourth-order valence-corrected chi connectivity index (χ4v) is 8.07. The predicted octanol–water partition coefficient (Wildman–Crippen LogP) is 12.0. The number of alkyl halides is 30. The molecule has 2 aliphatic rings. The van der Waals surface area contributed by atoms with Gasteiger partial charge in [0, 0.05) is 23.7 Å². The first-order valence-corrected chi connectivity index (χ1v) is 20.0. The Balaban J connectivity index is 0.000000740. The van der Waals surface area contributed by atoms with E-state index in [-0.39, 0.29) is 13.8 Å². The normalized spacial score (nSPS) is 25.0. The summed E-state index contributed by atoms with van der Waals surface area (Å²) in [6, 6.07) is 0. The Bertz CT molecular complexity index is 1630. The molecule has 6 unspecified atom stereocenters. The lowest BCUT2D eigenvalue weighted by Gasteiger charge is -2.48. The second-order valence-corrected chi connectivity index (χ2v) is 17.7. The van der Waals surface area contributed by atoms with Crippen LogP contribution in [-0.2, 0) is 19.1 Å². The fourth-order valence-electron chi connectivity index (χ4n) is 8.07. The van der Waals surface area contributed by atoms with E-state index in [1.807, 2.05) is 0 Å². The molecule has 0 saturated heterocycles. The Labute approximate surface area is 393 Å². The number of esters is 2. The van der Waals surface area contributed by atoms with E-state index < -0.39 is 194 Å². The molecule has 2 fully saturated rings. The highest BCUT2D eigenvalue weighted by molar-refractivity contribution is 5.78. The molecule has 4 N–H and O–H groups in total. The highest BCUT2D eigenvalue weighted by Crippen LogP contribution is 2.61. The van der Waals surface area contributed by atoms with Crippen LogP contribution in [0.2, 0.25) is 0 Å². The minimum Gasteiger partial charge on any atom is -0.462 e. The van der Waals surface area contributed by atoms with E-state index >= 15 is 0 Å². The van der Waals surface area contributed by atoms with Gasteiger partial charge in [-0.05, 0) is 65.2 Å². The van der Waals surface area contributed by atoms with Gasteiger partial charge in [-0.25, -0.2) is 0 Å². The van der Waals surface area contributed by atoms with Gasteiger partial charge in [0.15, 0.2) is 10.8 Å². The van der Waals surface area contributed by atoms with Crippen LogP contribution in [0.1, 0.15) is 79.1 Å². The van der Waals surface area contributed by atoms with E-state index in [4.69, 9.17) is 0 Å². The number of ether oxygens (including phenoxy) is 2. The molecule has 2 rings (SSSR count). The van der Waals surface area contributed by atoms with Crippen LogP contribution in [0.4, 0.5) is 132 Å². The highest BCUT2D eigenvalue weighted by Gasteiger charge is 2.81. The van der Waals surface area contributed by atoms with Gasteiger partial charge in [-0.15, -0.1) is 0 Å². The van der Waals surface area contributed by atoms with Gasteiger partial charge in [0.05, 0.1) is 0 Å². The molecule has 0 aromatic rings. The summed E-state index contributed by atoms with van der Waals surface area (Å²) in [6.45, 7) is 1.80. The summed E-state index contributed by atoms with van der Waals surface area (Å²) in [5.74, 6) is -19.5. The van der Waals surface area contributed by atoms with Gasteiger partial charge < -0.3 is 29.9 Å². The van der Waals surface area contributed by atoms with Crippen molar-refractivity contribution in [3.63, 3.8) is 0 Å². The zero-order valence-electron chi connectivity index (χ0n) is 36.9. The average molecular weight is 1170 g/mol. The van der Waals surface area contributed by atoms with Gasteiger partial charge in [0.1, 0.15) is 12.2 Å². The van der Waals surface area contributed by atoms with Crippen LogP contribution < -0.4 is 0 Å². The maximum atomic E-state index is 13.3. The summed E-state index contributed by atoms with van der Waals surface area (Å²) in [5, 5.41) is 38.3. The van der Waals surface area contributed by atoms with Crippen molar-refractivity contribution in [3.8, 4) is 0 Å². The largest absolute Gasteiger partial charge is 0.462 e. The zero-order chi connectivity index (χ0) is 59.7. The molecule has 8 nitrogen and oxygen atoms in total. The summed E-state index contributed by atoms with van der Waals surface area (Å²) in [6.07, 6.45) is -85.8. The third kappa shape index (κ3) is 12.2. The van der Waals surface area contributed by atoms with Gasteiger partial charge in [0.25, 0.3) is 22.4 Å². The molecule has 0 aromatic heterocycles. The molecule has 2 saturated carbocycles. The molecule has 74 heavy (non-hydrogen) atoms. The molecule has 440 valence electrons. The van der Waals surface area contributed by atoms with E-state index in [0.29, 0.717) is 0 Å². The molecule has 0 bridgehead atoms. The van der Waals surface area contributed by atoms with Crippen LogP contribution >= 0.6 is 0 Å². The van der Waals surface area contributed by atoms with Crippen LogP contribution in [0.3, 0.4) is 0 Å². The van der Waals surface area contributed by atoms with Gasteiger partial charge in [-0.3, -0.25) is 9.59 Å². The fraction of sp³-hybridized carbons (Fsp3) is 0.944. The lowest BCUT2D eigenvalue weighted by molar-refractivity contribution is -0.406. The van der Waals surface area contributed by atoms with E-state index in [1.54, 1.807) is 0 Å². The minimum atomic E-state index is -6.77. The third-order valence-corrected chi connectivity index (χ3v) is 13.3. The maximum Gasteiger partial charge on any atom is 0.426 e. The van der Waals surface area contributed by atoms with Crippen LogP contribution in [0.5, 0.6) is 0 Å². The molecule has 0 heterocycles. The summed E-state index contributed by atoms with van der Waals surface area (Å²) in [7, 11) is 0. The minimum absolute atomic E-state index is 0.163. The smallest absolute Gasteiger partial charge is 0.426 e. The molecule has 2 aliphatic carbocycles. The van der Waals surface area contributed by atoms with E-state index in [1.165, 1.54) is 0 Å². The molecule has 6 atom stereocenters. The summed E-state index contributed by atoms with van der Waals surface area (Å²) in [4.78, 5) is 24.3. The van der Waals surface area contributed by atoms with Crippen molar-refractivity contribution in [2.24, 2.45) is 34.5 Å². The Hall–Kier alpha value is -3.32. The number of hydrogen-bond acceptors (Lipinski definition) is 8. The van der Waals surface area contributed by atoms with Gasteiger partial charge in [0.2, 0.25) is 0 Å². The first kappa shape index (κ1) is 68.7. The summed E-state index contributed by atoms with van der Waals surface area (Å²) in [5.41, 5.74) is -31.0. The Morgan fingerprint density at radius 3 is 0.581 bits per heavy atom. The highest BCUT2D eigenvalue weighted by atomic mass is 19.5. The van der Waals surface area contributed by atoms with Crippen LogP contribution in [0, 0.1) is 34.5 Å². The van der Waals surface area contributed by atoms with E-state index in [0.717, 1.165) is 13.8 Å². The standard InChI is InChI=1S/2C18H19F15O4/c2*1-3-11(2,14(19,20)21)10(34)37-9-5-7(12(35,15(22,23)24)16(25,26)27)4-8(6-9)13(36,17(28,29)30)18(31,32)33/h2*7-9,35-36H,3-6H2,1-2H3. The predicted molar refractivity (Wildman–Crippen MR) is 179 cm³/mol. The third-order valence-electron chi connectivity index (χ3n) is 13.3. The van der Waals surface area contributed by atoms with Crippen molar-refractivity contribution in [1.82, 2.24) is 0 Å². The van der Waals surface area contributed by atoms with Crippen molar-refractivity contribution in [2.45, 2.75) is 175 Å². The van der Waals surface area contributed by atoms with Crippen molar-refractivity contribution < 1.29 is 171 Å². The quantitative estimate of drug-likeness (QED) is 0.126. The topological polar surface area (TPSA) is 134 Å². The molecular weight excluding hydrogens is 1130 g/mol. The number of carbonyl (C=O) groups is 2. The number of aliphatic hydroxyl groups is 4. The molecule has 38 heteroatoms. The molecular formula is C36H38F30O8. The SMILES string of the molecule is CCC(C)(C(=O)OC1CC(C(O)(C(F)(F)F)C(F)(F)F)CC(C(O)(C(F)(F)F)C(F)(F)F)C1)C(F)(F)F.CCC(C)(C(=O)OC1CC(C(O)(C(F)(F)F)C(F)(F)F)CC(C(O)(C(F)(F)F)C(F)(F)F)C1)C(F)(F)F. The number of hydrogen-bond donors (Lipinski definition) is 4. The second kappa shape index (κ2) is 20.5. The zero-order valence-corrected chi connectivity index (χ0v) is 36.9. The Morgan fingerprint density at radius 1 is 0.324 bits per heavy atom. The van der Waals surface area contributed by atoms with Crippen LogP contribution in [0.25, 0.3) is 0 Å². The molecule has 0 spiro atoms. The van der Waals surface area contributed by atoms with Crippen molar-refractivity contribution in [3.05, 3.63) is 0 Å². The van der Waals surface area contributed by atoms with Gasteiger partial charge >= 0.3 is 73.7 Å². The first-order valence-electron chi connectivity index (χ1n) is 20.0. The summed E-state index contributed by atoms with van der Waals surface area (Å²) >= 11 is 0. The van der Waals surface area contributed by atoms with Crippen molar-refractivity contribution >= 4 is 11.9 Å². The molecule has 0 radical (unpaired) electrons. The van der Waals surface area contributed by atoms with Crippen LogP contribution in [0.15, 0.2) is 0 Å². The molecule has 0 aromatic carbocycles. The Kier molecular flexibility index (Phi) is 19.0. The van der Waals surface area contributed by atoms with Crippen molar-refractivity contribution in [1.29, 1.82) is 0 Å². The summed E-state index contributed by atoms with van der Waals surface area (Å²) < 4.78 is 408. The van der Waals surface area contributed by atoms with Gasteiger partial charge in [-0.2, -0.15) is 132 Å². The van der Waals surface area contributed by atoms with Crippen molar-refractivity contribution in [2.75, 3.05) is 0 Å². The lowest BCUT2D eigenvalue weighted by atomic mass is 9.65.